The second-order valence-electron chi connectivity index (χ2n) is 4.15. The zero-order valence-corrected chi connectivity index (χ0v) is 13.6. The van der Waals surface area contributed by atoms with Crippen molar-refractivity contribution in [1.82, 2.24) is 0 Å². The van der Waals surface area contributed by atoms with Crippen molar-refractivity contribution in [2.45, 2.75) is 6.04 Å². The Morgan fingerprint density at radius 1 is 1.15 bits per heavy atom. The van der Waals surface area contributed by atoms with E-state index in [1.165, 1.54) is 13.2 Å². The normalized spacial score (nSPS) is 12.3. The smallest absolute Gasteiger partial charge is 0.138 e. The quantitative estimate of drug-likeness (QED) is 0.819. The minimum atomic E-state index is -0.709. The molecule has 2 N–H and O–H groups in total. The monoisotopic (exact) mass is 377 g/mol. The molecular formula is C14H11BrCl2FNO. The van der Waals surface area contributed by atoms with Gasteiger partial charge in [-0.25, -0.2) is 4.39 Å². The van der Waals surface area contributed by atoms with E-state index < -0.39 is 11.9 Å². The van der Waals surface area contributed by atoms with E-state index in [0.29, 0.717) is 31.4 Å². The van der Waals surface area contributed by atoms with E-state index in [4.69, 9.17) is 33.7 Å². The lowest BCUT2D eigenvalue weighted by Gasteiger charge is -2.17. The average molecular weight is 379 g/mol. The molecule has 0 amide bonds. The molecule has 1 atom stereocenters. The summed E-state index contributed by atoms with van der Waals surface area (Å²) < 4.78 is 19.7. The number of halogens is 4. The van der Waals surface area contributed by atoms with Crippen molar-refractivity contribution in [1.29, 1.82) is 0 Å². The molecule has 0 fully saturated rings. The highest BCUT2D eigenvalue weighted by Crippen LogP contribution is 2.36. The molecule has 0 bridgehead atoms. The number of hydrogen-bond acceptors (Lipinski definition) is 2. The van der Waals surface area contributed by atoms with Crippen molar-refractivity contribution in [3.05, 3.63) is 61.8 Å². The molecule has 2 nitrogen and oxygen atoms in total. The highest BCUT2D eigenvalue weighted by molar-refractivity contribution is 9.10. The van der Waals surface area contributed by atoms with Gasteiger partial charge in [0.2, 0.25) is 0 Å². The largest absolute Gasteiger partial charge is 0.495 e. The highest BCUT2D eigenvalue weighted by atomic mass is 79.9. The van der Waals surface area contributed by atoms with Gasteiger partial charge in [-0.3, -0.25) is 0 Å². The van der Waals surface area contributed by atoms with E-state index in [0.717, 1.165) is 0 Å². The lowest BCUT2D eigenvalue weighted by Crippen LogP contribution is -2.14. The van der Waals surface area contributed by atoms with Gasteiger partial charge in [0, 0.05) is 21.1 Å². The molecule has 0 aliphatic rings. The SMILES string of the molecule is COc1cc(Cl)c(C(N)c2ccc(Br)cc2F)cc1Cl. The molecule has 0 radical (unpaired) electrons. The Labute approximate surface area is 134 Å². The number of ether oxygens (including phenoxy) is 1. The molecule has 0 aliphatic heterocycles. The summed E-state index contributed by atoms with van der Waals surface area (Å²) in [7, 11) is 1.49. The minimum absolute atomic E-state index is 0.344. The molecule has 2 rings (SSSR count). The highest BCUT2D eigenvalue weighted by Gasteiger charge is 2.18. The summed E-state index contributed by atoms with van der Waals surface area (Å²) in [5.41, 5.74) is 6.97. The van der Waals surface area contributed by atoms with Crippen LogP contribution >= 0.6 is 39.1 Å². The van der Waals surface area contributed by atoms with Gasteiger partial charge in [-0.05, 0) is 23.8 Å². The standard InChI is InChI=1S/C14H11BrCl2FNO/c1-20-13-6-10(16)9(5-11(13)17)14(19)8-3-2-7(15)4-12(8)18/h2-6,14H,19H2,1H3. The minimum Gasteiger partial charge on any atom is -0.495 e. The van der Waals surface area contributed by atoms with Crippen LogP contribution in [0.5, 0.6) is 5.75 Å². The summed E-state index contributed by atoms with van der Waals surface area (Å²) in [6.45, 7) is 0. The van der Waals surface area contributed by atoms with Crippen LogP contribution in [-0.4, -0.2) is 7.11 Å². The van der Waals surface area contributed by atoms with E-state index in [2.05, 4.69) is 15.9 Å². The Kier molecular flexibility index (Phi) is 4.91. The average Bonchev–Trinajstić information content (AvgIpc) is 2.40. The molecule has 0 saturated heterocycles. The number of nitrogens with two attached hydrogens (primary N) is 1. The van der Waals surface area contributed by atoms with Crippen molar-refractivity contribution in [3.8, 4) is 5.75 Å². The molecule has 0 spiro atoms. The Bertz CT molecular complexity index is 651. The Hall–Kier alpha value is -0.810. The van der Waals surface area contributed by atoms with Crippen LogP contribution in [-0.2, 0) is 0 Å². The Morgan fingerprint density at radius 2 is 1.85 bits per heavy atom. The number of benzene rings is 2. The zero-order valence-electron chi connectivity index (χ0n) is 10.5. The predicted octanol–water partition coefficient (Wildman–Crippen LogP) is 4.95. The maximum absolute atomic E-state index is 14.0. The molecule has 106 valence electrons. The maximum atomic E-state index is 14.0. The van der Waals surface area contributed by atoms with E-state index in [1.807, 2.05) is 0 Å². The lowest BCUT2D eigenvalue weighted by atomic mass is 9.99. The second-order valence-corrected chi connectivity index (χ2v) is 5.88. The van der Waals surface area contributed by atoms with Crippen LogP contribution in [0.1, 0.15) is 17.2 Å². The van der Waals surface area contributed by atoms with Gasteiger partial charge >= 0.3 is 0 Å². The topological polar surface area (TPSA) is 35.2 Å². The Morgan fingerprint density at radius 3 is 2.45 bits per heavy atom. The summed E-state index contributed by atoms with van der Waals surface area (Å²) in [5.74, 6) is 0.0405. The molecular weight excluding hydrogens is 368 g/mol. The fourth-order valence-electron chi connectivity index (χ4n) is 1.86. The fraction of sp³-hybridized carbons (Fsp3) is 0.143. The van der Waals surface area contributed by atoms with Gasteiger partial charge in [0.1, 0.15) is 11.6 Å². The van der Waals surface area contributed by atoms with Crippen LogP contribution in [0.3, 0.4) is 0 Å². The molecule has 20 heavy (non-hydrogen) atoms. The second kappa shape index (κ2) is 6.31. The summed E-state index contributed by atoms with van der Waals surface area (Å²) in [6.07, 6.45) is 0. The molecule has 0 saturated carbocycles. The van der Waals surface area contributed by atoms with Gasteiger partial charge in [-0.2, -0.15) is 0 Å². The van der Waals surface area contributed by atoms with E-state index in [1.54, 1.807) is 24.3 Å². The van der Waals surface area contributed by atoms with Crippen LogP contribution in [0.4, 0.5) is 4.39 Å². The van der Waals surface area contributed by atoms with Crippen molar-refractivity contribution in [2.75, 3.05) is 7.11 Å². The third kappa shape index (κ3) is 3.09. The number of methoxy groups -OCH3 is 1. The molecule has 0 aromatic heterocycles. The molecule has 0 heterocycles. The van der Waals surface area contributed by atoms with Gasteiger partial charge in [0.25, 0.3) is 0 Å². The van der Waals surface area contributed by atoms with Crippen molar-refractivity contribution in [3.63, 3.8) is 0 Å². The molecule has 1 unspecified atom stereocenters. The first kappa shape index (κ1) is 15.6. The van der Waals surface area contributed by atoms with Gasteiger partial charge in [0.05, 0.1) is 18.2 Å². The molecule has 6 heteroatoms. The van der Waals surface area contributed by atoms with Crippen LogP contribution in [0.25, 0.3) is 0 Å². The number of rotatable bonds is 3. The molecule has 0 aliphatic carbocycles. The maximum Gasteiger partial charge on any atom is 0.138 e. The first-order valence-electron chi connectivity index (χ1n) is 5.67. The molecule has 2 aromatic carbocycles. The van der Waals surface area contributed by atoms with Crippen LogP contribution in [0.2, 0.25) is 10.0 Å². The van der Waals surface area contributed by atoms with Crippen molar-refractivity contribution in [2.24, 2.45) is 5.73 Å². The molecule has 2 aromatic rings. The van der Waals surface area contributed by atoms with Gasteiger partial charge in [-0.15, -0.1) is 0 Å². The number of hydrogen-bond donors (Lipinski definition) is 1. The lowest BCUT2D eigenvalue weighted by molar-refractivity contribution is 0.415. The Balaban J connectivity index is 2.48. The summed E-state index contributed by atoms with van der Waals surface area (Å²) in [4.78, 5) is 0. The summed E-state index contributed by atoms with van der Waals surface area (Å²) in [5, 5.41) is 0.751. The fourth-order valence-corrected chi connectivity index (χ4v) is 2.71. The zero-order chi connectivity index (χ0) is 14.9. The third-order valence-corrected chi connectivity index (χ3v) is 4.02. The van der Waals surface area contributed by atoms with Gasteiger partial charge in [-0.1, -0.05) is 45.2 Å². The van der Waals surface area contributed by atoms with Gasteiger partial charge in [0.15, 0.2) is 0 Å². The third-order valence-electron chi connectivity index (χ3n) is 2.90. The van der Waals surface area contributed by atoms with Crippen LogP contribution in [0.15, 0.2) is 34.8 Å². The van der Waals surface area contributed by atoms with Crippen molar-refractivity contribution < 1.29 is 9.13 Å². The van der Waals surface area contributed by atoms with Crippen LogP contribution < -0.4 is 10.5 Å². The predicted molar refractivity (Wildman–Crippen MR) is 83.1 cm³/mol. The summed E-state index contributed by atoms with van der Waals surface area (Å²) in [6, 6.07) is 7.13. The van der Waals surface area contributed by atoms with E-state index in [-0.39, 0.29) is 0 Å². The van der Waals surface area contributed by atoms with E-state index >= 15 is 0 Å². The van der Waals surface area contributed by atoms with Crippen LogP contribution in [0, 0.1) is 5.82 Å². The first-order valence-corrected chi connectivity index (χ1v) is 7.22. The van der Waals surface area contributed by atoms with Crippen molar-refractivity contribution >= 4 is 39.1 Å². The van der Waals surface area contributed by atoms with Gasteiger partial charge < -0.3 is 10.5 Å². The van der Waals surface area contributed by atoms with E-state index in [9.17, 15) is 4.39 Å². The summed E-state index contributed by atoms with van der Waals surface area (Å²) >= 11 is 15.4. The first-order chi connectivity index (χ1) is 9.43.